The van der Waals surface area contributed by atoms with E-state index in [1.54, 1.807) is 6.20 Å². The zero-order valence-corrected chi connectivity index (χ0v) is 16.4. The van der Waals surface area contributed by atoms with Crippen LogP contribution in [0.5, 0.6) is 0 Å². The number of rotatable bonds is 3. The van der Waals surface area contributed by atoms with Crippen molar-refractivity contribution in [1.29, 1.82) is 0 Å². The van der Waals surface area contributed by atoms with Crippen molar-refractivity contribution in [2.75, 3.05) is 6.54 Å². The van der Waals surface area contributed by atoms with Crippen LogP contribution in [-0.2, 0) is 0 Å². The van der Waals surface area contributed by atoms with Gasteiger partial charge in [-0.05, 0) is 58.4 Å². The van der Waals surface area contributed by atoms with Crippen LogP contribution >= 0.6 is 24.8 Å². The van der Waals surface area contributed by atoms with Crippen molar-refractivity contribution in [3.8, 4) is 5.82 Å². The smallest absolute Gasteiger partial charge is 0.253 e. The van der Waals surface area contributed by atoms with Crippen LogP contribution in [0, 0.1) is 13.8 Å². The molecule has 2 N–H and O–H groups in total. The summed E-state index contributed by atoms with van der Waals surface area (Å²) in [6.45, 7) is 7.13. The maximum atomic E-state index is 12.7. The van der Waals surface area contributed by atoms with E-state index in [2.05, 4.69) is 22.5 Å². The average molecular weight is 385 g/mol. The molecule has 25 heavy (non-hydrogen) atoms. The highest BCUT2D eigenvalue weighted by Gasteiger charge is 2.25. The summed E-state index contributed by atoms with van der Waals surface area (Å²) >= 11 is 0. The van der Waals surface area contributed by atoms with Crippen molar-refractivity contribution >= 4 is 30.7 Å². The van der Waals surface area contributed by atoms with E-state index in [0.29, 0.717) is 6.04 Å². The van der Waals surface area contributed by atoms with Crippen LogP contribution in [0.4, 0.5) is 0 Å². The van der Waals surface area contributed by atoms with Gasteiger partial charge in [0.25, 0.3) is 5.91 Å². The first kappa shape index (κ1) is 21.5. The van der Waals surface area contributed by atoms with Crippen LogP contribution in [0.3, 0.4) is 0 Å². The zero-order valence-electron chi connectivity index (χ0n) is 14.8. The first-order valence-electron chi connectivity index (χ1n) is 8.22. The minimum Gasteiger partial charge on any atom is -0.348 e. The van der Waals surface area contributed by atoms with E-state index >= 15 is 0 Å². The molecule has 1 aliphatic heterocycles. The third-order valence-corrected chi connectivity index (χ3v) is 4.63. The summed E-state index contributed by atoms with van der Waals surface area (Å²) in [6, 6.07) is 8.25. The maximum absolute atomic E-state index is 12.7. The van der Waals surface area contributed by atoms with Gasteiger partial charge in [-0.25, -0.2) is 4.98 Å². The van der Waals surface area contributed by atoms with Gasteiger partial charge in [-0.15, -0.1) is 24.8 Å². The molecular formula is C18H26Cl2N4O. The van der Waals surface area contributed by atoms with Crippen molar-refractivity contribution in [2.24, 2.45) is 0 Å². The topological polar surface area (TPSA) is 59.0 Å². The van der Waals surface area contributed by atoms with E-state index in [-0.39, 0.29) is 36.8 Å². The predicted octanol–water partition coefficient (Wildman–Crippen LogP) is 3.20. The molecule has 0 saturated carbocycles. The first-order valence-corrected chi connectivity index (χ1v) is 8.22. The number of hydrogen-bond donors (Lipinski definition) is 2. The highest BCUT2D eigenvalue weighted by molar-refractivity contribution is 5.96. The van der Waals surface area contributed by atoms with Gasteiger partial charge < -0.3 is 15.2 Å². The quantitative estimate of drug-likeness (QED) is 0.853. The number of aryl methyl sites for hydroxylation is 1. The molecule has 0 radical (unpaired) electrons. The molecule has 3 rings (SSSR count). The number of piperidine rings is 1. The van der Waals surface area contributed by atoms with Gasteiger partial charge in [-0.1, -0.05) is 6.07 Å². The molecule has 0 bridgehead atoms. The van der Waals surface area contributed by atoms with Crippen LogP contribution in [0.2, 0.25) is 0 Å². The molecule has 0 aliphatic carbocycles. The van der Waals surface area contributed by atoms with Gasteiger partial charge in [0.1, 0.15) is 5.82 Å². The van der Waals surface area contributed by atoms with Crippen LogP contribution < -0.4 is 10.6 Å². The lowest BCUT2D eigenvalue weighted by atomic mass is 9.99. The Balaban J connectivity index is 0.00000156. The lowest BCUT2D eigenvalue weighted by Crippen LogP contribution is -2.51. The summed E-state index contributed by atoms with van der Waals surface area (Å²) in [5, 5.41) is 6.60. The van der Waals surface area contributed by atoms with Gasteiger partial charge in [-0.3, -0.25) is 4.79 Å². The number of nitrogens with zero attached hydrogens (tertiary/aromatic N) is 2. The van der Waals surface area contributed by atoms with Crippen LogP contribution in [0.25, 0.3) is 5.82 Å². The lowest BCUT2D eigenvalue weighted by molar-refractivity contribution is 0.0919. The van der Waals surface area contributed by atoms with Crippen molar-refractivity contribution in [2.45, 2.75) is 45.7 Å². The van der Waals surface area contributed by atoms with Crippen molar-refractivity contribution < 1.29 is 4.79 Å². The number of carbonyl (C=O) groups excluding carboxylic acids is 1. The Morgan fingerprint density at radius 1 is 1.32 bits per heavy atom. The predicted molar refractivity (Wildman–Crippen MR) is 105 cm³/mol. The molecule has 0 aromatic carbocycles. The summed E-state index contributed by atoms with van der Waals surface area (Å²) in [6.07, 6.45) is 3.89. The van der Waals surface area contributed by atoms with Gasteiger partial charge in [0.15, 0.2) is 0 Å². The highest BCUT2D eigenvalue weighted by atomic mass is 35.5. The fourth-order valence-electron chi connectivity index (χ4n) is 3.32. The second-order valence-corrected chi connectivity index (χ2v) is 6.27. The summed E-state index contributed by atoms with van der Waals surface area (Å²) < 4.78 is 2.03. The Morgan fingerprint density at radius 2 is 2.08 bits per heavy atom. The molecule has 138 valence electrons. The number of aromatic nitrogens is 2. The lowest BCUT2D eigenvalue weighted by Gasteiger charge is -2.30. The van der Waals surface area contributed by atoms with Gasteiger partial charge >= 0.3 is 0 Å². The largest absolute Gasteiger partial charge is 0.348 e. The Bertz CT molecular complexity index is 703. The first-order chi connectivity index (χ1) is 11.1. The van der Waals surface area contributed by atoms with E-state index in [0.717, 1.165) is 42.2 Å². The molecule has 3 heterocycles. The van der Waals surface area contributed by atoms with Crippen LogP contribution in [0.15, 0.2) is 30.5 Å². The fraction of sp³-hybridized carbons (Fsp3) is 0.444. The standard InChI is InChI=1S/C18H24N4O.2ClH/c1-12-11-15(14(3)22(12)17-8-4-5-9-20-17)18(23)21-16-7-6-10-19-13(16)2;;/h4-5,8-9,11,13,16,19H,6-7,10H2,1-3H3,(H,21,23);2*1H. The molecule has 1 saturated heterocycles. The summed E-state index contributed by atoms with van der Waals surface area (Å²) in [4.78, 5) is 17.1. The molecule has 1 amide bonds. The molecule has 0 spiro atoms. The SMILES string of the molecule is Cc1cc(C(=O)NC2CCCNC2C)c(C)n1-c1ccccn1.Cl.Cl. The second kappa shape index (κ2) is 9.22. The van der Waals surface area contributed by atoms with Crippen LogP contribution in [0.1, 0.15) is 41.5 Å². The summed E-state index contributed by atoms with van der Waals surface area (Å²) in [5.41, 5.74) is 2.67. The zero-order chi connectivity index (χ0) is 16.4. The second-order valence-electron chi connectivity index (χ2n) is 6.27. The third kappa shape index (κ3) is 4.54. The van der Waals surface area contributed by atoms with E-state index < -0.39 is 0 Å². The molecule has 2 aromatic rings. The molecular weight excluding hydrogens is 359 g/mol. The Kier molecular flexibility index (Phi) is 7.93. The Labute approximate surface area is 161 Å². The number of hydrogen-bond acceptors (Lipinski definition) is 3. The maximum Gasteiger partial charge on any atom is 0.253 e. The van der Waals surface area contributed by atoms with Crippen LogP contribution in [-0.4, -0.2) is 34.1 Å². The van der Waals surface area contributed by atoms with E-state index in [4.69, 9.17) is 0 Å². The highest BCUT2D eigenvalue weighted by Crippen LogP contribution is 2.20. The molecule has 2 aromatic heterocycles. The fourth-order valence-corrected chi connectivity index (χ4v) is 3.32. The normalized spacial score (nSPS) is 19.5. The number of carbonyl (C=O) groups is 1. The van der Waals surface area contributed by atoms with Crippen molar-refractivity contribution in [1.82, 2.24) is 20.2 Å². The molecule has 2 atom stereocenters. The Morgan fingerprint density at radius 3 is 2.72 bits per heavy atom. The number of halogens is 2. The molecule has 5 nitrogen and oxygen atoms in total. The van der Waals surface area contributed by atoms with Crippen molar-refractivity contribution in [3.05, 3.63) is 47.4 Å². The average Bonchev–Trinajstić information content (AvgIpc) is 2.85. The third-order valence-electron chi connectivity index (χ3n) is 4.63. The molecule has 1 aliphatic rings. The van der Waals surface area contributed by atoms with E-state index in [1.807, 2.05) is 42.7 Å². The minimum absolute atomic E-state index is 0. The van der Waals surface area contributed by atoms with Gasteiger partial charge in [-0.2, -0.15) is 0 Å². The van der Waals surface area contributed by atoms with Gasteiger partial charge in [0.05, 0.1) is 5.56 Å². The van der Waals surface area contributed by atoms with Gasteiger partial charge in [0, 0.05) is 29.7 Å². The number of amides is 1. The number of pyridine rings is 1. The number of nitrogens with one attached hydrogen (secondary N) is 2. The Hall–Kier alpha value is -1.56. The minimum atomic E-state index is 0. The molecule has 7 heteroatoms. The summed E-state index contributed by atoms with van der Waals surface area (Å²) in [5.74, 6) is 0.843. The van der Waals surface area contributed by atoms with E-state index in [1.165, 1.54) is 0 Å². The molecule has 1 fully saturated rings. The monoisotopic (exact) mass is 384 g/mol. The van der Waals surface area contributed by atoms with Gasteiger partial charge in [0.2, 0.25) is 0 Å². The molecule has 2 unspecified atom stereocenters. The van der Waals surface area contributed by atoms with E-state index in [9.17, 15) is 4.79 Å². The van der Waals surface area contributed by atoms with Crippen molar-refractivity contribution in [3.63, 3.8) is 0 Å². The summed E-state index contributed by atoms with van der Waals surface area (Å²) in [7, 11) is 0.